The van der Waals surface area contributed by atoms with E-state index in [0.29, 0.717) is 6.54 Å². The summed E-state index contributed by atoms with van der Waals surface area (Å²) in [5, 5.41) is 11.6. The molecule has 20 heavy (non-hydrogen) atoms. The highest BCUT2D eigenvalue weighted by Gasteiger charge is 2.34. The van der Waals surface area contributed by atoms with Crippen molar-refractivity contribution in [3.05, 3.63) is 29.8 Å². The van der Waals surface area contributed by atoms with Gasteiger partial charge in [-0.3, -0.25) is 4.79 Å². The molecule has 0 amide bonds. The highest BCUT2D eigenvalue weighted by atomic mass is 19.4. The lowest BCUT2D eigenvalue weighted by atomic mass is 10.2. The average Bonchev–Trinajstić information content (AvgIpc) is 2.37. The van der Waals surface area contributed by atoms with Crippen LogP contribution in [-0.4, -0.2) is 30.3 Å². The summed E-state index contributed by atoms with van der Waals surface area (Å²) in [5.74, 6) is -1.35. The van der Waals surface area contributed by atoms with Crippen molar-refractivity contribution in [1.29, 1.82) is 0 Å². The zero-order chi connectivity index (χ0) is 15.2. The molecule has 0 bridgehead atoms. The van der Waals surface area contributed by atoms with Crippen LogP contribution in [0.4, 0.5) is 13.2 Å². The Labute approximate surface area is 114 Å². The van der Waals surface area contributed by atoms with E-state index in [-0.39, 0.29) is 18.8 Å². The van der Waals surface area contributed by atoms with Crippen molar-refractivity contribution in [3.63, 3.8) is 0 Å². The van der Waals surface area contributed by atoms with E-state index in [1.54, 1.807) is 6.92 Å². The predicted molar refractivity (Wildman–Crippen MR) is 66.7 cm³/mol. The Morgan fingerprint density at radius 1 is 1.40 bits per heavy atom. The monoisotopic (exact) mass is 291 g/mol. The van der Waals surface area contributed by atoms with Gasteiger partial charge in [-0.05, 0) is 18.7 Å². The Morgan fingerprint density at radius 2 is 2.05 bits per heavy atom. The molecule has 0 aliphatic heterocycles. The fraction of sp³-hybridized carbons (Fsp3) is 0.462. The van der Waals surface area contributed by atoms with Gasteiger partial charge in [-0.15, -0.1) is 0 Å². The molecule has 0 aliphatic rings. The van der Waals surface area contributed by atoms with Crippen molar-refractivity contribution in [2.75, 3.05) is 13.2 Å². The fourth-order valence-corrected chi connectivity index (χ4v) is 1.67. The SMILES string of the molecule is CCNC(CCOc1ccccc1C(F)(F)F)C(=O)O. The van der Waals surface area contributed by atoms with E-state index < -0.39 is 23.8 Å². The third-order valence-corrected chi connectivity index (χ3v) is 2.61. The minimum Gasteiger partial charge on any atom is -0.493 e. The second-order valence-corrected chi connectivity index (χ2v) is 4.08. The topological polar surface area (TPSA) is 58.6 Å². The molecule has 1 aromatic carbocycles. The summed E-state index contributed by atoms with van der Waals surface area (Å²) in [6, 6.07) is 4.01. The minimum absolute atomic E-state index is 0.0787. The van der Waals surface area contributed by atoms with Crippen molar-refractivity contribution in [2.45, 2.75) is 25.6 Å². The second-order valence-electron chi connectivity index (χ2n) is 4.08. The molecule has 0 aromatic heterocycles. The van der Waals surface area contributed by atoms with Gasteiger partial charge in [0.2, 0.25) is 0 Å². The van der Waals surface area contributed by atoms with Gasteiger partial charge in [0.1, 0.15) is 11.8 Å². The molecule has 4 nitrogen and oxygen atoms in total. The molecule has 0 aliphatic carbocycles. The number of rotatable bonds is 7. The molecule has 0 spiro atoms. The summed E-state index contributed by atoms with van der Waals surface area (Å²) in [7, 11) is 0. The third-order valence-electron chi connectivity index (χ3n) is 2.61. The van der Waals surface area contributed by atoms with Crippen LogP contribution in [0.25, 0.3) is 0 Å². The van der Waals surface area contributed by atoms with Crippen molar-refractivity contribution >= 4 is 5.97 Å². The van der Waals surface area contributed by atoms with Crippen molar-refractivity contribution < 1.29 is 27.8 Å². The number of alkyl halides is 3. The number of para-hydroxylation sites is 1. The molecule has 0 fully saturated rings. The zero-order valence-corrected chi connectivity index (χ0v) is 10.9. The quantitative estimate of drug-likeness (QED) is 0.810. The number of ether oxygens (including phenoxy) is 1. The van der Waals surface area contributed by atoms with Gasteiger partial charge in [-0.25, -0.2) is 0 Å². The first-order chi connectivity index (χ1) is 9.36. The summed E-state index contributed by atoms with van der Waals surface area (Å²) in [6.07, 6.45) is -4.42. The van der Waals surface area contributed by atoms with Crippen LogP contribution in [0.1, 0.15) is 18.9 Å². The molecule has 0 heterocycles. The van der Waals surface area contributed by atoms with Crippen LogP contribution < -0.4 is 10.1 Å². The van der Waals surface area contributed by atoms with Crippen LogP contribution in [0.3, 0.4) is 0 Å². The summed E-state index contributed by atoms with van der Waals surface area (Å²) < 4.78 is 43.2. The number of hydrogen-bond donors (Lipinski definition) is 2. The highest BCUT2D eigenvalue weighted by molar-refractivity contribution is 5.73. The number of halogens is 3. The predicted octanol–water partition coefficient (Wildman–Crippen LogP) is 2.54. The van der Waals surface area contributed by atoms with E-state index >= 15 is 0 Å². The van der Waals surface area contributed by atoms with Gasteiger partial charge in [0.15, 0.2) is 0 Å². The summed E-state index contributed by atoms with van der Waals surface area (Å²) in [6.45, 7) is 2.09. The molecule has 112 valence electrons. The maximum absolute atomic E-state index is 12.7. The number of carboxylic acids is 1. The Balaban J connectivity index is 2.64. The Bertz CT molecular complexity index is 449. The minimum atomic E-state index is -4.50. The zero-order valence-electron chi connectivity index (χ0n) is 10.9. The van der Waals surface area contributed by atoms with Gasteiger partial charge in [0.25, 0.3) is 0 Å². The average molecular weight is 291 g/mol. The number of hydrogen-bond acceptors (Lipinski definition) is 3. The highest BCUT2D eigenvalue weighted by Crippen LogP contribution is 2.35. The Hall–Kier alpha value is -1.76. The van der Waals surface area contributed by atoms with Gasteiger partial charge < -0.3 is 15.2 Å². The van der Waals surface area contributed by atoms with E-state index in [2.05, 4.69) is 5.32 Å². The van der Waals surface area contributed by atoms with Crippen molar-refractivity contribution in [2.24, 2.45) is 0 Å². The molecule has 2 N–H and O–H groups in total. The van der Waals surface area contributed by atoms with Crippen LogP contribution in [0, 0.1) is 0 Å². The lowest BCUT2D eigenvalue weighted by Gasteiger charge is -2.16. The smallest absolute Gasteiger partial charge is 0.419 e. The Morgan fingerprint density at radius 3 is 2.60 bits per heavy atom. The number of aliphatic carboxylic acids is 1. The fourth-order valence-electron chi connectivity index (χ4n) is 1.67. The maximum atomic E-state index is 12.7. The van der Waals surface area contributed by atoms with Crippen molar-refractivity contribution in [3.8, 4) is 5.75 Å². The lowest BCUT2D eigenvalue weighted by Crippen LogP contribution is -2.37. The van der Waals surface area contributed by atoms with Crippen LogP contribution in [0.2, 0.25) is 0 Å². The van der Waals surface area contributed by atoms with E-state index in [1.807, 2.05) is 0 Å². The van der Waals surface area contributed by atoms with Gasteiger partial charge in [-0.2, -0.15) is 13.2 Å². The molecular formula is C13H16F3NO3. The molecule has 1 aromatic rings. The van der Waals surface area contributed by atoms with Crippen LogP contribution in [-0.2, 0) is 11.0 Å². The van der Waals surface area contributed by atoms with E-state index in [4.69, 9.17) is 9.84 Å². The summed E-state index contributed by atoms with van der Waals surface area (Å²) in [5.41, 5.74) is -0.865. The Kier molecular flexibility index (Phi) is 5.82. The van der Waals surface area contributed by atoms with Gasteiger partial charge in [-0.1, -0.05) is 19.1 Å². The number of benzene rings is 1. The normalized spacial score (nSPS) is 13.0. The summed E-state index contributed by atoms with van der Waals surface area (Å²) in [4.78, 5) is 10.9. The van der Waals surface area contributed by atoms with E-state index in [9.17, 15) is 18.0 Å². The van der Waals surface area contributed by atoms with Crippen molar-refractivity contribution in [1.82, 2.24) is 5.32 Å². The largest absolute Gasteiger partial charge is 0.493 e. The number of nitrogens with one attached hydrogen (secondary N) is 1. The molecular weight excluding hydrogens is 275 g/mol. The molecule has 0 saturated carbocycles. The molecule has 1 unspecified atom stereocenters. The first kappa shape index (κ1) is 16.3. The molecule has 1 rings (SSSR count). The lowest BCUT2D eigenvalue weighted by molar-refractivity contribution is -0.141. The van der Waals surface area contributed by atoms with Gasteiger partial charge >= 0.3 is 12.1 Å². The van der Waals surface area contributed by atoms with Crippen LogP contribution >= 0.6 is 0 Å². The van der Waals surface area contributed by atoms with Crippen LogP contribution in [0.5, 0.6) is 5.75 Å². The van der Waals surface area contributed by atoms with Crippen LogP contribution in [0.15, 0.2) is 24.3 Å². The molecule has 1 atom stereocenters. The second kappa shape index (κ2) is 7.14. The third kappa shape index (κ3) is 4.73. The number of likely N-dealkylation sites (N-methyl/N-ethyl adjacent to an activating group) is 1. The molecule has 7 heteroatoms. The first-order valence-corrected chi connectivity index (χ1v) is 6.11. The molecule has 0 saturated heterocycles. The summed E-state index contributed by atoms with van der Waals surface area (Å²) >= 11 is 0. The van der Waals surface area contributed by atoms with Gasteiger partial charge in [0.05, 0.1) is 12.2 Å². The van der Waals surface area contributed by atoms with E-state index in [1.165, 1.54) is 18.2 Å². The number of carbonyl (C=O) groups is 1. The molecule has 0 radical (unpaired) electrons. The first-order valence-electron chi connectivity index (χ1n) is 6.11. The number of carboxylic acid groups (broad SMARTS) is 1. The maximum Gasteiger partial charge on any atom is 0.419 e. The standard InChI is InChI=1S/C13H16F3NO3/c1-2-17-10(12(18)19)7-8-20-11-6-4-3-5-9(11)13(14,15)16/h3-6,10,17H,2,7-8H2,1H3,(H,18,19). The van der Waals surface area contributed by atoms with E-state index in [0.717, 1.165) is 6.07 Å². The van der Waals surface area contributed by atoms with Gasteiger partial charge in [0, 0.05) is 6.42 Å².